The van der Waals surface area contributed by atoms with Crippen molar-refractivity contribution >= 4 is 12.1 Å². The van der Waals surface area contributed by atoms with E-state index in [0.717, 1.165) is 45.1 Å². The normalized spacial score (nSPS) is 24.9. The van der Waals surface area contributed by atoms with Gasteiger partial charge in [0.25, 0.3) is 0 Å². The maximum atomic E-state index is 12.2. The predicted molar refractivity (Wildman–Crippen MR) is 87.0 cm³/mol. The van der Waals surface area contributed by atoms with Crippen molar-refractivity contribution in [1.29, 1.82) is 0 Å². The highest BCUT2D eigenvalue weighted by Crippen LogP contribution is 2.52. The van der Waals surface area contributed by atoms with Crippen LogP contribution in [0.3, 0.4) is 0 Å². The molecule has 23 heavy (non-hydrogen) atoms. The Kier molecular flexibility index (Phi) is 5.23. The number of nitrogens with two attached hydrogens (primary N) is 1. The summed E-state index contributed by atoms with van der Waals surface area (Å²) in [6.07, 6.45) is 5.39. The van der Waals surface area contributed by atoms with Gasteiger partial charge in [-0.3, -0.25) is 4.79 Å². The third-order valence-electron chi connectivity index (χ3n) is 5.04. The molecule has 2 rings (SSSR count). The third-order valence-corrected chi connectivity index (χ3v) is 5.04. The van der Waals surface area contributed by atoms with Crippen LogP contribution in [0.15, 0.2) is 0 Å². The van der Waals surface area contributed by atoms with Crippen LogP contribution in [0.1, 0.15) is 59.3 Å². The van der Waals surface area contributed by atoms with E-state index in [2.05, 4.69) is 0 Å². The van der Waals surface area contributed by atoms with Gasteiger partial charge < -0.3 is 20.5 Å². The van der Waals surface area contributed by atoms with Gasteiger partial charge in [0, 0.05) is 13.1 Å². The number of amides is 1. The van der Waals surface area contributed by atoms with E-state index in [1.54, 1.807) is 4.90 Å². The molecule has 3 N–H and O–H groups in total. The van der Waals surface area contributed by atoms with Crippen molar-refractivity contribution in [3.8, 4) is 0 Å². The lowest BCUT2D eigenvalue weighted by Gasteiger charge is -2.35. The second-order valence-electron chi connectivity index (χ2n) is 8.15. The van der Waals surface area contributed by atoms with Gasteiger partial charge in [0.15, 0.2) is 0 Å². The van der Waals surface area contributed by atoms with E-state index in [-0.39, 0.29) is 11.5 Å². The molecule has 2 fully saturated rings. The third kappa shape index (κ3) is 4.83. The molecule has 6 nitrogen and oxygen atoms in total. The van der Waals surface area contributed by atoms with Gasteiger partial charge in [-0.2, -0.15) is 0 Å². The second kappa shape index (κ2) is 6.67. The molecule has 0 radical (unpaired) electrons. The molecule has 0 spiro atoms. The van der Waals surface area contributed by atoms with Gasteiger partial charge in [0.2, 0.25) is 0 Å². The molecule has 0 aromatic carbocycles. The topological polar surface area (TPSA) is 92.9 Å². The largest absolute Gasteiger partial charge is 0.480 e. The molecule has 1 heterocycles. The summed E-state index contributed by atoms with van der Waals surface area (Å²) in [5, 5.41) is 9.12. The number of rotatable bonds is 5. The maximum absolute atomic E-state index is 12.2. The highest BCUT2D eigenvalue weighted by atomic mass is 16.6. The molecule has 2 aliphatic rings. The summed E-state index contributed by atoms with van der Waals surface area (Å²) in [6.45, 7) is 7.06. The Balaban J connectivity index is 1.83. The first-order valence-corrected chi connectivity index (χ1v) is 8.59. The van der Waals surface area contributed by atoms with Crippen LogP contribution < -0.4 is 5.73 Å². The van der Waals surface area contributed by atoms with Crippen molar-refractivity contribution in [3.63, 3.8) is 0 Å². The zero-order valence-corrected chi connectivity index (χ0v) is 14.5. The molecule has 132 valence electrons. The van der Waals surface area contributed by atoms with Crippen LogP contribution in [0.5, 0.6) is 0 Å². The number of carboxylic acid groups (broad SMARTS) is 1. The fraction of sp³-hybridized carbons (Fsp3) is 0.882. The Labute approximate surface area is 138 Å². The number of hydrogen-bond acceptors (Lipinski definition) is 4. The van der Waals surface area contributed by atoms with E-state index in [0.29, 0.717) is 12.5 Å². The van der Waals surface area contributed by atoms with Gasteiger partial charge >= 0.3 is 12.1 Å². The second-order valence-corrected chi connectivity index (χ2v) is 8.15. The zero-order valence-electron chi connectivity index (χ0n) is 14.5. The van der Waals surface area contributed by atoms with Crippen LogP contribution in [-0.2, 0) is 9.53 Å². The highest BCUT2D eigenvalue weighted by Gasteiger charge is 2.50. The smallest absolute Gasteiger partial charge is 0.410 e. The summed E-state index contributed by atoms with van der Waals surface area (Å²) in [5.41, 5.74) is 5.15. The minimum Gasteiger partial charge on any atom is -0.480 e. The molecule has 1 aliphatic heterocycles. The average Bonchev–Trinajstić information content (AvgIpc) is 3.24. The lowest BCUT2D eigenvalue weighted by Crippen LogP contribution is -2.43. The van der Waals surface area contributed by atoms with Crippen LogP contribution in [0, 0.1) is 11.3 Å². The van der Waals surface area contributed by atoms with Crippen LogP contribution >= 0.6 is 0 Å². The van der Waals surface area contributed by atoms with Gasteiger partial charge in [-0.15, -0.1) is 0 Å². The fourth-order valence-electron chi connectivity index (χ4n) is 3.42. The molecular formula is C17H30N2O4. The molecule has 1 saturated heterocycles. The van der Waals surface area contributed by atoms with Gasteiger partial charge in [-0.05, 0) is 70.6 Å². The number of carbonyl (C=O) groups is 2. The van der Waals surface area contributed by atoms with Crippen molar-refractivity contribution in [1.82, 2.24) is 4.90 Å². The minimum absolute atomic E-state index is 0.208. The molecule has 0 aromatic rings. The minimum atomic E-state index is -0.901. The summed E-state index contributed by atoms with van der Waals surface area (Å²) >= 11 is 0. The molecule has 0 bridgehead atoms. The summed E-state index contributed by atoms with van der Waals surface area (Å²) < 4.78 is 5.44. The van der Waals surface area contributed by atoms with Crippen LogP contribution in [-0.4, -0.2) is 46.8 Å². The van der Waals surface area contributed by atoms with E-state index in [1.165, 1.54) is 0 Å². The number of aliphatic carboxylic acids is 1. The standard InChI is InChI=1S/C17H30N2O4/c1-16(2,3)23-15(22)19-10-4-5-12(11-19)6-7-17(8-9-17)13(18)14(20)21/h12-13H,4-11,18H2,1-3H3,(H,20,21). The quantitative estimate of drug-likeness (QED) is 0.810. The van der Waals surface area contributed by atoms with E-state index < -0.39 is 17.6 Å². The highest BCUT2D eigenvalue weighted by molar-refractivity contribution is 5.75. The van der Waals surface area contributed by atoms with Crippen molar-refractivity contribution < 1.29 is 19.4 Å². The molecule has 2 unspecified atom stereocenters. The van der Waals surface area contributed by atoms with E-state index in [1.807, 2.05) is 20.8 Å². The van der Waals surface area contributed by atoms with Gasteiger partial charge in [0.1, 0.15) is 11.6 Å². The average molecular weight is 326 g/mol. The van der Waals surface area contributed by atoms with E-state index in [9.17, 15) is 9.59 Å². The number of carbonyl (C=O) groups excluding carboxylic acids is 1. The summed E-state index contributed by atoms with van der Waals surface area (Å²) in [7, 11) is 0. The molecule has 1 aliphatic carbocycles. The van der Waals surface area contributed by atoms with E-state index >= 15 is 0 Å². The zero-order chi connectivity index (χ0) is 17.3. The number of carboxylic acids is 1. The predicted octanol–water partition coefficient (Wildman–Crippen LogP) is 2.61. The molecule has 2 atom stereocenters. The van der Waals surface area contributed by atoms with Crippen molar-refractivity contribution in [2.45, 2.75) is 70.9 Å². The van der Waals surface area contributed by atoms with Crippen LogP contribution in [0.25, 0.3) is 0 Å². The van der Waals surface area contributed by atoms with Gasteiger partial charge in [-0.25, -0.2) is 4.79 Å². The first-order chi connectivity index (χ1) is 10.6. The monoisotopic (exact) mass is 326 g/mol. The van der Waals surface area contributed by atoms with Crippen molar-refractivity contribution in [3.05, 3.63) is 0 Å². The maximum Gasteiger partial charge on any atom is 0.410 e. The Hall–Kier alpha value is -1.30. The number of piperidine rings is 1. The molecular weight excluding hydrogens is 296 g/mol. The lowest BCUT2D eigenvalue weighted by atomic mass is 9.85. The van der Waals surface area contributed by atoms with Crippen molar-refractivity contribution in [2.24, 2.45) is 17.1 Å². The molecule has 0 aromatic heterocycles. The Morgan fingerprint density at radius 2 is 2.04 bits per heavy atom. The molecule has 6 heteroatoms. The van der Waals surface area contributed by atoms with Gasteiger partial charge in [-0.1, -0.05) is 0 Å². The number of likely N-dealkylation sites (tertiary alicyclic amines) is 1. The summed E-state index contributed by atoms with van der Waals surface area (Å²) in [6, 6.07) is -0.756. The lowest BCUT2D eigenvalue weighted by molar-refractivity contribution is -0.140. The Morgan fingerprint density at radius 1 is 1.39 bits per heavy atom. The Bertz CT molecular complexity index is 454. The number of hydrogen-bond donors (Lipinski definition) is 2. The first-order valence-electron chi connectivity index (χ1n) is 8.59. The first kappa shape index (κ1) is 18.0. The summed E-state index contributed by atoms with van der Waals surface area (Å²) in [5.74, 6) is -0.490. The van der Waals surface area contributed by atoms with E-state index in [4.69, 9.17) is 15.6 Å². The number of nitrogens with zero attached hydrogens (tertiary/aromatic N) is 1. The molecule has 1 amide bonds. The fourth-order valence-corrected chi connectivity index (χ4v) is 3.42. The SMILES string of the molecule is CC(C)(C)OC(=O)N1CCCC(CCC2(C(N)C(=O)O)CC2)C1. The van der Waals surface area contributed by atoms with Crippen molar-refractivity contribution in [2.75, 3.05) is 13.1 Å². The van der Waals surface area contributed by atoms with Gasteiger partial charge in [0.05, 0.1) is 0 Å². The molecule has 1 saturated carbocycles. The van der Waals surface area contributed by atoms with Crippen LogP contribution in [0.4, 0.5) is 4.79 Å². The number of ether oxygens (including phenoxy) is 1. The van der Waals surface area contributed by atoms with Crippen LogP contribution in [0.2, 0.25) is 0 Å². The Morgan fingerprint density at radius 3 is 2.57 bits per heavy atom. The summed E-state index contributed by atoms with van der Waals surface area (Å²) in [4.78, 5) is 25.1.